The van der Waals surface area contributed by atoms with Crippen molar-refractivity contribution < 1.29 is 23.9 Å². The molecule has 0 spiro atoms. The van der Waals surface area contributed by atoms with Crippen LogP contribution in [0.3, 0.4) is 0 Å². The maximum Gasteiger partial charge on any atom is 0.327 e. The van der Waals surface area contributed by atoms with Crippen LogP contribution in [0.5, 0.6) is 5.75 Å². The van der Waals surface area contributed by atoms with E-state index in [1.807, 2.05) is 0 Å². The molecule has 102 valence electrons. The van der Waals surface area contributed by atoms with Crippen molar-refractivity contribution in [3.8, 4) is 5.75 Å². The summed E-state index contributed by atoms with van der Waals surface area (Å²) in [6, 6.07) is 6.68. The molecule has 20 heavy (non-hydrogen) atoms. The molecule has 0 radical (unpaired) electrons. The first-order chi connectivity index (χ1) is 9.59. The van der Waals surface area contributed by atoms with Gasteiger partial charge in [0.25, 0.3) is 0 Å². The number of methoxy groups -OCH3 is 1. The lowest BCUT2D eigenvalue weighted by Crippen LogP contribution is -2.55. The molecule has 1 aromatic rings. The van der Waals surface area contributed by atoms with E-state index in [9.17, 15) is 14.4 Å². The topological polar surface area (TPSA) is 69.7 Å². The Morgan fingerprint density at radius 2 is 2.10 bits per heavy atom. The minimum absolute atomic E-state index is 0.0221. The van der Waals surface area contributed by atoms with Gasteiger partial charge in [0.15, 0.2) is 17.0 Å². The molecule has 2 atom stereocenters. The van der Waals surface area contributed by atoms with Gasteiger partial charge in [0, 0.05) is 6.42 Å². The summed E-state index contributed by atoms with van der Waals surface area (Å²) in [7, 11) is 1.21. The summed E-state index contributed by atoms with van der Waals surface area (Å²) >= 11 is 0. The van der Waals surface area contributed by atoms with Gasteiger partial charge in [-0.15, -0.1) is 0 Å². The van der Waals surface area contributed by atoms with Gasteiger partial charge < -0.3 is 9.47 Å². The Labute approximate surface area is 115 Å². The highest BCUT2D eigenvalue weighted by molar-refractivity contribution is 6.18. The van der Waals surface area contributed by atoms with E-state index < -0.39 is 17.5 Å². The van der Waals surface area contributed by atoms with Gasteiger partial charge in [0.05, 0.1) is 12.7 Å². The number of fused-ring (bicyclic) bond motifs is 2. The maximum absolute atomic E-state index is 12.7. The van der Waals surface area contributed by atoms with E-state index in [1.165, 1.54) is 19.3 Å². The van der Waals surface area contributed by atoms with Gasteiger partial charge in [-0.1, -0.05) is 18.2 Å². The average Bonchev–Trinajstić information content (AvgIpc) is 2.47. The molecule has 5 heteroatoms. The number of para-hydroxylation sites is 1. The first kappa shape index (κ1) is 12.6. The molecule has 1 aromatic carbocycles. The van der Waals surface area contributed by atoms with E-state index in [0.717, 1.165) is 0 Å². The second-order valence-corrected chi connectivity index (χ2v) is 4.80. The van der Waals surface area contributed by atoms with Crippen LogP contribution in [0.1, 0.15) is 16.8 Å². The summed E-state index contributed by atoms with van der Waals surface area (Å²) in [5, 5.41) is 0. The Hall–Kier alpha value is -2.43. The Morgan fingerprint density at radius 3 is 2.85 bits per heavy atom. The maximum atomic E-state index is 12.7. The molecular weight excluding hydrogens is 260 g/mol. The highest BCUT2D eigenvalue weighted by Gasteiger charge is 2.58. The molecule has 0 saturated carbocycles. The molecule has 1 aliphatic carbocycles. The number of hydrogen-bond acceptors (Lipinski definition) is 5. The summed E-state index contributed by atoms with van der Waals surface area (Å²) < 4.78 is 10.5. The Bertz CT molecular complexity index is 645. The standard InChI is InChI=1S/C15H12O5/c1-19-14(18)15-7-6-9(16)8-12(15)20-11-5-3-2-4-10(11)13(15)17/h2-7,12H,8H2,1H3. The first-order valence-corrected chi connectivity index (χ1v) is 6.20. The molecule has 2 unspecified atom stereocenters. The third kappa shape index (κ3) is 1.52. The van der Waals surface area contributed by atoms with Crippen molar-refractivity contribution in [2.24, 2.45) is 5.41 Å². The summed E-state index contributed by atoms with van der Waals surface area (Å²) in [6.45, 7) is 0. The van der Waals surface area contributed by atoms with Crippen LogP contribution in [0, 0.1) is 5.41 Å². The van der Waals surface area contributed by atoms with E-state index in [0.29, 0.717) is 11.3 Å². The molecule has 0 N–H and O–H groups in total. The quantitative estimate of drug-likeness (QED) is 0.569. The molecular formula is C15H12O5. The Balaban J connectivity index is 2.21. The largest absolute Gasteiger partial charge is 0.487 e. The van der Waals surface area contributed by atoms with Crippen LogP contribution >= 0.6 is 0 Å². The fraction of sp³-hybridized carbons (Fsp3) is 0.267. The van der Waals surface area contributed by atoms with Crippen LogP contribution in [0.2, 0.25) is 0 Å². The Morgan fingerprint density at radius 1 is 1.35 bits per heavy atom. The van der Waals surface area contributed by atoms with Crippen LogP contribution < -0.4 is 4.74 Å². The fourth-order valence-corrected chi connectivity index (χ4v) is 2.69. The van der Waals surface area contributed by atoms with Crippen LogP contribution in [-0.4, -0.2) is 30.7 Å². The normalized spacial score (nSPS) is 27.4. The highest BCUT2D eigenvalue weighted by atomic mass is 16.5. The van der Waals surface area contributed by atoms with Crippen molar-refractivity contribution in [1.82, 2.24) is 0 Å². The van der Waals surface area contributed by atoms with Gasteiger partial charge >= 0.3 is 5.97 Å². The molecule has 0 aromatic heterocycles. The average molecular weight is 272 g/mol. The number of hydrogen-bond donors (Lipinski definition) is 0. The number of carbonyl (C=O) groups is 3. The van der Waals surface area contributed by atoms with Crippen molar-refractivity contribution in [2.75, 3.05) is 7.11 Å². The smallest absolute Gasteiger partial charge is 0.327 e. The van der Waals surface area contributed by atoms with E-state index in [4.69, 9.17) is 9.47 Å². The van der Waals surface area contributed by atoms with Crippen LogP contribution in [-0.2, 0) is 14.3 Å². The minimum Gasteiger partial charge on any atom is -0.487 e. The minimum atomic E-state index is -1.56. The van der Waals surface area contributed by atoms with Crippen LogP contribution in [0.25, 0.3) is 0 Å². The molecule has 0 saturated heterocycles. The van der Waals surface area contributed by atoms with Crippen molar-refractivity contribution in [1.29, 1.82) is 0 Å². The summed E-state index contributed by atoms with van der Waals surface area (Å²) in [5.41, 5.74) is -1.23. The van der Waals surface area contributed by atoms with E-state index in [1.54, 1.807) is 24.3 Å². The van der Waals surface area contributed by atoms with Gasteiger partial charge in [-0.3, -0.25) is 14.4 Å². The predicted molar refractivity (Wildman–Crippen MR) is 68.4 cm³/mol. The van der Waals surface area contributed by atoms with Crippen molar-refractivity contribution >= 4 is 17.5 Å². The van der Waals surface area contributed by atoms with E-state index in [-0.39, 0.29) is 18.0 Å². The van der Waals surface area contributed by atoms with Gasteiger partial charge in [0.1, 0.15) is 11.9 Å². The zero-order valence-corrected chi connectivity index (χ0v) is 10.8. The predicted octanol–water partition coefficient (Wildman–Crippen LogP) is 1.32. The zero-order valence-electron chi connectivity index (χ0n) is 10.8. The van der Waals surface area contributed by atoms with E-state index >= 15 is 0 Å². The molecule has 1 aliphatic heterocycles. The molecule has 1 heterocycles. The number of esters is 1. The van der Waals surface area contributed by atoms with Crippen LogP contribution in [0.15, 0.2) is 36.4 Å². The molecule has 0 fully saturated rings. The van der Waals surface area contributed by atoms with Gasteiger partial charge in [0.2, 0.25) is 0 Å². The number of rotatable bonds is 1. The first-order valence-electron chi connectivity index (χ1n) is 6.20. The lowest BCUT2D eigenvalue weighted by atomic mass is 9.69. The highest BCUT2D eigenvalue weighted by Crippen LogP contribution is 2.43. The molecule has 0 amide bonds. The SMILES string of the molecule is COC(=O)C12C=CC(=O)CC1Oc1ccccc1C2=O. The van der Waals surface area contributed by atoms with Gasteiger partial charge in [-0.2, -0.15) is 0 Å². The third-order valence-electron chi connectivity index (χ3n) is 3.73. The molecule has 2 aliphatic rings. The third-order valence-corrected chi connectivity index (χ3v) is 3.73. The number of ketones is 2. The lowest BCUT2D eigenvalue weighted by molar-refractivity contribution is -0.152. The number of ether oxygens (including phenoxy) is 2. The number of Topliss-reactive ketones (excluding diaryl/α,β-unsaturated/α-hetero) is 1. The molecule has 3 rings (SSSR count). The molecule has 5 nitrogen and oxygen atoms in total. The van der Waals surface area contributed by atoms with Crippen molar-refractivity contribution in [2.45, 2.75) is 12.5 Å². The monoisotopic (exact) mass is 272 g/mol. The fourth-order valence-electron chi connectivity index (χ4n) is 2.69. The van der Waals surface area contributed by atoms with E-state index in [2.05, 4.69) is 0 Å². The van der Waals surface area contributed by atoms with Crippen molar-refractivity contribution in [3.63, 3.8) is 0 Å². The number of carbonyl (C=O) groups excluding carboxylic acids is 3. The number of allylic oxidation sites excluding steroid dienone is 1. The zero-order chi connectivity index (χ0) is 14.3. The van der Waals surface area contributed by atoms with Gasteiger partial charge in [-0.25, -0.2) is 0 Å². The summed E-state index contributed by atoms with van der Waals surface area (Å²) in [5.74, 6) is -0.877. The second-order valence-electron chi connectivity index (χ2n) is 4.80. The lowest BCUT2D eigenvalue weighted by Gasteiger charge is -2.40. The van der Waals surface area contributed by atoms with Gasteiger partial charge in [-0.05, 0) is 18.2 Å². The second kappa shape index (κ2) is 4.30. The Kier molecular flexibility index (Phi) is 2.71. The summed E-state index contributed by atoms with van der Waals surface area (Å²) in [4.78, 5) is 36.5. The molecule has 0 bridgehead atoms. The summed E-state index contributed by atoms with van der Waals surface area (Å²) in [6.07, 6.45) is 1.69. The van der Waals surface area contributed by atoms with Crippen LogP contribution in [0.4, 0.5) is 0 Å². The number of benzene rings is 1. The van der Waals surface area contributed by atoms with Crippen molar-refractivity contribution in [3.05, 3.63) is 42.0 Å².